The molecule has 0 saturated heterocycles. The molecule has 1 aliphatic rings. The molecule has 3 aromatic rings. The van der Waals surface area contributed by atoms with Crippen LogP contribution >= 0.6 is 0 Å². The van der Waals surface area contributed by atoms with Crippen molar-refractivity contribution >= 4 is 5.97 Å². The number of carbonyl (C=O) groups is 1. The van der Waals surface area contributed by atoms with Gasteiger partial charge in [0.1, 0.15) is 5.75 Å². The van der Waals surface area contributed by atoms with Crippen LogP contribution in [-0.2, 0) is 9.53 Å². The number of rotatable bonds is 7. The highest BCUT2D eigenvalue weighted by atomic mass is 16.6. The molecule has 1 aliphatic carbocycles. The molecule has 0 spiro atoms. The summed E-state index contributed by atoms with van der Waals surface area (Å²) in [5.41, 5.74) is 7.56. The zero-order valence-electron chi connectivity index (χ0n) is 20.0. The second-order valence-electron chi connectivity index (χ2n) is 9.02. The predicted octanol–water partition coefficient (Wildman–Crippen LogP) is 7.71. The van der Waals surface area contributed by atoms with Crippen molar-refractivity contribution in [3.05, 3.63) is 77.9 Å². The Morgan fingerprint density at radius 3 is 2.15 bits per heavy atom. The van der Waals surface area contributed by atoms with E-state index in [4.69, 9.17) is 9.47 Å². The molecule has 1 saturated carbocycles. The normalized spacial score (nSPS) is 15.1. The minimum atomic E-state index is -0.624. The van der Waals surface area contributed by atoms with E-state index in [9.17, 15) is 4.79 Å². The SMILES string of the molecule is CCOC(=O)[C@@H](C)Oc1ccc(-c2ccc(-c3ccc(C4CCCCC4)cc3)cc2C)cc1. The maximum absolute atomic E-state index is 11.8. The molecule has 172 valence electrons. The quantitative estimate of drug-likeness (QED) is 0.352. The smallest absolute Gasteiger partial charge is 0.347 e. The van der Waals surface area contributed by atoms with Crippen molar-refractivity contribution in [3.8, 4) is 28.0 Å². The van der Waals surface area contributed by atoms with E-state index in [0.717, 1.165) is 11.5 Å². The molecule has 4 rings (SSSR count). The molecule has 0 aromatic heterocycles. The summed E-state index contributed by atoms with van der Waals surface area (Å²) >= 11 is 0. The molecule has 1 atom stereocenters. The van der Waals surface area contributed by atoms with Crippen LogP contribution in [-0.4, -0.2) is 18.7 Å². The van der Waals surface area contributed by atoms with E-state index in [0.29, 0.717) is 12.4 Å². The largest absolute Gasteiger partial charge is 0.479 e. The minimum absolute atomic E-state index is 0.347. The third-order valence-electron chi connectivity index (χ3n) is 6.64. The fourth-order valence-corrected chi connectivity index (χ4v) is 4.78. The molecule has 0 bridgehead atoms. The minimum Gasteiger partial charge on any atom is -0.479 e. The molecule has 0 heterocycles. The third kappa shape index (κ3) is 5.65. The lowest BCUT2D eigenvalue weighted by Gasteiger charge is -2.22. The van der Waals surface area contributed by atoms with Crippen LogP contribution in [0.4, 0.5) is 0 Å². The van der Waals surface area contributed by atoms with Gasteiger partial charge in [-0.05, 0) is 85.0 Å². The summed E-state index contributed by atoms with van der Waals surface area (Å²) in [6.45, 7) is 6.00. The van der Waals surface area contributed by atoms with E-state index in [1.807, 2.05) is 24.3 Å². The summed E-state index contributed by atoms with van der Waals surface area (Å²) in [5, 5.41) is 0. The van der Waals surface area contributed by atoms with Crippen molar-refractivity contribution in [3.63, 3.8) is 0 Å². The molecule has 0 unspecified atom stereocenters. The average Bonchev–Trinajstić information content (AvgIpc) is 2.85. The first-order valence-corrected chi connectivity index (χ1v) is 12.2. The molecule has 0 amide bonds. The van der Waals surface area contributed by atoms with Gasteiger partial charge in [-0.2, -0.15) is 0 Å². The summed E-state index contributed by atoms with van der Waals surface area (Å²) in [5.74, 6) is 1.05. The van der Waals surface area contributed by atoms with Gasteiger partial charge >= 0.3 is 5.97 Å². The van der Waals surface area contributed by atoms with Crippen molar-refractivity contribution in [2.24, 2.45) is 0 Å². The zero-order valence-corrected chi connectivity index (χ0v) is 20.0. The number of hydrogen-bond donors (Lipinski definition) is 0. The molecule has 0 N–H and O–H groups in total. The number of benzene rings is 3. The van der Waals surface area contributed by atoms with Crippen molar-refractivity contribution in [2.75, 3.05) is 6.61 Å². The molecule has 33 heavy (non-hydrogen) atoms. The number of esters is 1. The van der Waals surface area contributed by atoms with Crippen LogP contribution in [0.5, 0.6) is 5.75 Å². The highest BCUT2D eigenvalue weighted by molar-refractivity contribution is 5.75. The Morgan fingerprint density at radius 1 is 0.879 bits per heavy atom. The van der Waals surface area contributed by atoms with Gasteiger partial charge in [-0.15, -0.1) is 0 Å². The van der Waals surface area contributed by atoms with Crippen LogP contribution in [0.25, 0.3) is 22.3 Å². The van der Waals surface area contributed by atoms with E-state index in [-0.39, 0.29) is 5.97 Å². The zero-order chi connectivity index (χ0) is 23.2. The second-order valence-corrected chi connectivity index (χ2v) is 9.02. The van der Waals surface area contributed by atoms with Crippen molar-refractivity contribution < 1.29 is 14.3 Å². The first-order valence-electron chi connectivity index (χ1n) is 12.2. The maximum Gasteiger partial charge on any atom is 0.347 e. The van der Waals surface area contributed by atoms with Crippen LogP contribution in [0.3, 0.4) is 0 Å². The molecule has 3 heteroatoms. The van der Waals surface area contributed by atoms with Crippen LogP contribution in [0, 0.1) is 6.92 Å². The topological polar surface area (TPSA) is 35.5 Å². The first kappa shape index (κ1) is 23.1. The van der Waals surface area contributed by atoms with E-state index < -0.39 is 6.10 Å². The lowest BCUT2D eigenvalue weighted by atomic mass is 9.83. The van der Waals surface area contributed by atoms with Crippen LogP contribution < -0.4 is 4.74 Å². The van der Waals surface area contributed by atoms with Crippen LogP contribution in [0.2, 0.25) is 0 Å². The first-order chi connectivity index (χ1) is 16.0. The Labute approximate surface area is 197 Å². The van der Waals surface area contributed by atoms with Gasteiger partial charge in [-0.25, -0.2) is 4.79 Å². The third-order valence-corrected chi connectivity index (χ3v) is 6.64. The Hall–Kier alpha value is -3.07. The summed E-state index contributed by atoms with van der Waals surface area (Å²) in [4.78, 5) is 11.8. The molecule has 0 radical (unpaired) electrons. The number of ether oxygens (including phenoxy) is 2. The molecule has 0 aliphatic heterocycles. The van der Waals surface area contributed by atoms with Gasteiger partial charge < -0.3 is 9.47 Å². The number of aryl methyl sites for hydroxylation is 1. The fraction of sp³-hybridized carbons (Fsp3) is 0.367. The van der Waals surface area contributed by atoms with E-state index in [1.54, 1.807) is 13.8 Å². The molecule has 1 fully saturated rings. The number of hydrogen-bond acceptors (Lipinski definition) is 3. The maximum atomic E-state index is 11.8. The highest BCUT2D eigenvalue weighted by Gasteiger charge is 2.16. The highest BCUT2D eigenvalue weighted by Crippen LogP contribution is 2.34. The van der Waals surface area contributed by atoms with Crippen molar-refractivity contribution in [1.82, 2.24) is 0 Å². The van der Waals surface area contributed by atoms with Crippen LogP contribution in [0.15, 0.2) is 66.7 Å². The monoisotopic (exact) mass is 442 g/mol. The number of carbonyl (C=O) groups excluding carboxylic acids is 1. The average molecular weight is 443 g/mol. The van der Waals surface area contributed by atoms with Crippen molar-refractivity contribution in [2.45, 2.75) is 64.9 Å². The van der Waals surface area contributed by atoms with Crippen LogP contribution in [0.1, 0.15) is 63.0 Å². The summed E-state index contributed by atoms with van der Waals surface area (Å²) in [7, 11) is 0. The Kier molecular flexibility index (Phi) is 7.49. The van der Waals surface area contributed by atoms with E-state index in [1.165, 1.54) is 59.9 Å². The molecule has 3 aromatic carbocycles. The summed E-state index contributed by atoms with van der Waals surface area (Å²) < 4.78 is 10.7. The van der Waals surface area contributed by atoms with Gasteiger partial charge in [0.05, 0.1) is 6.61 Å². The Bertz CT molecular complexity index is 1060. The van der Waals surface area contributed by atoms with Crippen molar-refractivity contribution in [1.29, 1.82) is 0 Å². The molecular formula is C30H34O3. The lowest BCUT2D eigenvalue weighted by molar-refractivity contribution is -0.150. The Balaban J connectivity index is 1.45. The second kappa shape index (κ2) is 10.7. The fourth-order valence-electron chi connectivity index (χ4n) is 4.78. The lowest BCUT2D eigenvalue weighted by Crippen LogP contribution is -2.25. The molecule has 3 nitrogen and oxygen atoms in total. The molecular weight excluding hydrogens is 408 g/mol. The van der Waals surface area contributed by atoms with E-state index in [2.05, 4.69) is 49.4 Å². The Morgan fingerprint density at radius 2 is 1.52 bits per heavy atom. The van der Waals surface area contributed by atoms with E-state index >= 15 is 0 Å². The van der Waals surface area contributed by atoms with Gasteiger partial charge in [0.25, 0.3) is 0 Å². The summed E-state index contributed by atoms with van der Waals surface area (Å²) in [6, 6.07) is 23.7. The van der Waals surface area contributed by atoms with Gasteiger partial charge in [-0.3, -0.25) is 0 Å². The predicted molar refractivity (Wildman–Crippen MR) is 135 cm³/mol. The van der Waals surface area contributed by atoms with Gasteiger partial charge in [0.15, 0.2) is 6.10 Å². The van der Waals surface area contributed by atoms with Gasteiger partial charge in [0, 0.05) is 0 Å². The standard InChI is InChI=1S/C30H34O3/c1-4-32-30(31)22(3)33-28-17-14-26(15-18-28)29-19-16-27(20-21(29)2)25-12-10-24(11-13-25)23-8-6-5-7-9-23/h10-20,22-23H,4-9H2,1-3H3/t22-/m1/s1. The van der Waals surface area contributed by atoms with Gasteiger partial charge in [0.2, 0.25) is 0 Å². The summed E-state index contributed by atoms with van der Waals surface area (Å²) in [6.07, 6.45) is 6.16. The van der Waals surface area contributed by atoms with Gasteiger partial charge in [-0.1, -0.05) is 73.9 Å².